The standard InChI is InChI=1S/C14H16ClNS/c15-14-10-9-12(17-14)7-4-8-13(16)11-5-2-1-3-6-11/h1-3,5-6,9-10,13H,4,7-8,16H2. The normalized spacial score (nSPS) is 12.6. The molecule has 0 saturated carbocycles. The molecule has 2 N–H and O–H groups in total. The maximum absolute atomic E-state index is 6.14. The number of hydrogen-bond donors (Lipinski definition) is 1. The SMILES string of the molecule is NC(CCCc1ccc(Cl)s1)c1ccccc1. The second kappa shape index (κ2) is 6.20. The summed E-state index contributed by atoms with van der Waals surface area (Å²) < 4.78 is 0.868. The van der Waals surface area contributed by atoms with Crippen LogP contribution in [0.3, 0.4) is 0 Å². The zero-order chi connectivity index (χ0) is 12.1. The van der Waals surface area contributed by atoms with Crippen LogP contribution in [0.2, 0.25) is 4.34 Å². The summed E-state index contributed by atoms with van der Waals surface area (Å²) in [6.45, 7) is 0. The molecule has 0 saturated heterocycles. The van der Waals surface area contributed by atoms with Gasteiger partial charge in [-0.05, 0) is 37.0 Å². The van der Waals surface area contributed by atoms with Gasteiger partial charge in [0, 0.05) is 10.9 Å². The van der Waals surface area contributed by atoms with E-state index in [0.717, 1.165) is 23.6 Å². The molecule has 90 valence electrons. The molecule has 1 atom stereocenters. The van der Waals surface area contributed by atoms with Gasteiger partial charge in [-0.1, -0.05) is 41.9 Å². The van der Waals surface area contributed by atoms with Gasteiger partial charge in [0.25, 0.3) is 0 Å². The van der Waals surface area contributed by atoms with E-state index >= 15 is 0 Å². The average Bonchev–Trinajstić information content (AvgIpc) is 2.76. The summed E-state index contributed by atoms with van der Waals surface area (Å²) in [6, 6.07) is 14.5. The van der Waals surface area contributed by atoms with Gasteiger partial charge in [0.2, 0.25) is 0 Å². The van der Waals surface area contributed by atoms with Crippen LogP contribution in [0.4, 0.5) is 0 Å². The van der Waals surface area contributed by atoms with E-state index < -0.39 is 0 Å². The van der Waals surface area contributed by atoms with Crippen molar-refractivity contribution in [3.05, 3.63) is 57.2 Å². The molecule has 1 aromatic carbocycles. The molecule has 2 aromatic rings. The lowest BCUT2D eigenvalue weighted by molar-refractivity contribution is 0.614. The molecule has 1 unspecified atom stereocenters. The number of hydrogen-bond acceptors (Lipinski definition) is 2. The van der Waals surface area contributed by atoms with Crippen molar-refractivity contribution in [2.75, 3.05) is 0 Å². The number of aryl methyl sites for hydroxylation is 1. The molecule has 2 rings (SSSR count). The minimum Gasteiger partial charge on any atom is -0.324 e. The highest BCUT2D eigenvalue weighted by Crippen LogP contribution is 2.24. The highest BCUT2D eigenvalue weighted by molar-refractivity contribution is 7.16. The van der Waals surface area contributed by atoms with Crippen LogP contribution in [0, 0.1) is 0 Å². The lowest BCUT2D eigenvalue weighted by atomic mass is 10.0. The quantitative estimate of drug-likeness (QED) is 0.851. The van der Waals surface area contributed by atoms with Crippen molar-refractivity contribution in [1.29, 1.82) is 0 Å². The van der Waals surface area contributed by atoms with Crippen LogP contribution in [-0.4, -0.2) is 0 Å². The molecule has 0 bridgehead atoms. The predicted octanol–water partition coefficient (Wildman–Crippen LogP) is 4.42. The molecular weight excluding hydrogens is 250 g/mol. The molecule has 1 nitrogen and oxygen atoms in total. The van der Waals surface area contributed by atoms with E-state index in [9.17, 15) is 0 Å². The third-order valence-electron chi connectivity index (χ3n) is 2.79. The van der Waals surface area contributed by atoms with Crippen molar-refractivity contribution in [2.45, 2.75) is 25.3 Å². The zero-order valence-electron chi connectivity index (χ0n) is 9.60. The number of rotatable bonds is 5. The molecule has 0 spiro atoms. The van der Waals surface area contributed by atoms with Crippen molar-refractivity contribution in [2.24, 2.45) is 5.73 Å². The number of benzene rings is 1. The highest BCUT2D eigenvalue weighted by Gasteiger charge is 2.05. The fraction of sp³-hybridized carbons (Fsp3) is 0.286. The van der Waals surface area contributed by atoms with Crippen molar-refractivity contribution >= 4 is 22.9 Å². The topological polar surface area (TPSA) is 26.0 Å². The van der Waals surface area contributed by atoms with E-state index in [1.54, 1.807) is 11.3 Å². The van der Waals surface area contributed by atoms with Crippen LogP contribution in [0.5, 0.6) is 0 Å². The Hall–Kier alpha value is -0.830. The third-order valence-corrected chi connectivity index (χ3v) is 4.09. The molecule has 0 aliphatic rings. The van der Waals surface area contributed by atoms with Gasteiger partial charge >= 0.3 is 0 Å². The fourth-order valence-electron chi connectivity index (χ4n) is 1.85. The Kier molecular flexibility index (Phi) is 4.60. The summed E-state index contributed by atoms with van der Waals surface area (Å²) in [5, 5.41) is 0. The fourth-order valence-corrected chi connectivity index (χ4v) is 2.98. The van der Waals surface area contributed by atoms with E-state index in [1.165, 1.54) is 10.4 Å². The Bertz CT molecular complexity index is 452. The molecule has 0 amide bonds. The minimum absolute atomic E-state index is 0.145. The van der Waals surface area contributed by atoms with Gasteiger partial charge in [-0.2, -0.15) is 0 Å². The number of nitrogens with two attached hydrogens (primary N) is 1. The summed E-state index contributed by atoms with van der Waals surface area (Å²) in [4.78, 5) is 1.34. The van der Waals surface area contributed by atoms with Crippen LogP contribution in [-0.2, 0) is 6.42 Å². The summed E-state index contributed by atoms with van der Waals surface area (Å²) in [6.07, 6.45) is 3.18. The van der Waals surface area contributed by atoms with Crippen molar-refractivity contribution < 1.29 is 0 Å². The van der Waals surface area contributed by atoms with E-state index in [2.05, 4.69) is 18.2 Å². The first kappa shape index (κ1) is 12.6. The first-order valence-corrected chi connectivity index (χ1v) is 7.00. The molecule has 1 aromatic heterocycles. The van der Waals surface area contributed by atoms with Gasteiger partial charge in [-0.3, -0.25) is 0 Å². The van der Waals surface area contributed by atoms with Crippen LogP contribution in [0.1, 0.15) is 29.3 Å². The Morgan fingerprint density at radius 3 is 2.53 bits per heavy atom. The summed E-state index contributed by atoms with van der Waals surface area (Å²) in [5.74, 6) is 0. The summed E-state index contributed by atoms with van der Waals surface area (Å²) in [5.41, 5.74) is 7.36. The number of halogens is 1. The average molecular weight is 266 g/mol. The molecule has 0 aliphatic heterocycles. The first-order chi connectivity index (χ1) is 8.25. The van der Waals surface area contributed by atoms with Crippen LogP contribution in [0.25, 0.3) is 0 Å². The monoisotopic (exact) mass is 265 g/mol. The lowest BCUT2D eigenvalue weighted by Gasteiger charge is -2.11. The second-order valence-electron chi connectivity index (χ2n) is 4.12. The van der Waals surface area contributed by atoms with Crippen LogP contribution >= 0.6 is 22.9 Å². The first-order valence-electron chi connectivity index (χ1n) is 5.80. The van der Waals surface area contributed by atoms with Crippen LogP contribution in [0.15, 0.2) is 42.5 Å². The summed E-state index contributed by atoms with van der Waals surface area (Å²) >= 11 is 7.55. The molecule has 17 heavy (non-hydrogen) atoms. The molecule has 3 heteroatoms. The Morgan fingerprint density at radius 1 is 1.12 bits per heavy atom. The van der Waals surface area contributed by atoms with Crippen LogP contribution < -0.4 is 5.73 Å². The largest absolute Gasteiger partial charge is 0.324 e. The maximum atomic E-state index is 6.14. The maximum Gasteiger partial charge on any atom is 0.0931 e. The minimum atomic E-state index is 0.145. The predicted molar refractivity (Wildman–Crippen MR) is 75.6 cm³/mol. The molecule has 0 aliphatic carbocycles. The molecule has 1 heterocycles. The molecule has 0 radical (unpaired) electrons. The Balaban J connectivity index is 1.79. The third kappa shape index (κ3) is 3.84. The molecular formula is C14H16ClNS. The van der Waals surface area contributed by atoms with Gasteiger partial charge in [-0.15, -0.1) is 11.3 Å². The van der Waals surface area contributed by atoms with Crippen molar-refractivity contribution in [1.82, 2.24) is 0 Å². The van der Waals surface area contributed by atoms with E-state index in [0.29, 0.717) is 0 Å². The van der Waals surface area contributed by atoms with Gasteiger partial charge in [0.15, 0.2) is 0 Å². The van der Waals surface area contributed by atoms with Crippen molar-refractivity contribution in [3.63, 3.8) is 0 Å². The van der Waals surface area contributed by atoms with E-state index in [1.807, 2.05) is 24.3 Å². The summed E-state index contributed by atoms with van der Waals surface area (Å²) in [7, 11) is 0. The van der Waals surface area contributed by atoms with E-state index in [4.69, 9.17) is 17.3 Å². The zero-order valence-corrected chi connectivity index (χ0v) is 11.2. The second-order valence-corrected chi connectivity index (χ2v) is 5.91. The van der Waals surface area contributed by atoms with Gasteiger partial charge < -0.3 is 5.73 Å². The smallest absolute Gasteiger partial charge is 0.0931 e. The Morgan fingerprint density at radius 2 is 1.88 bits per heavy atom. The van der Waals surface area contributed by atoms with Gasteiger partial charge in [0.05, 0.1) is 4.34 Å². The Labute approximate surface area is 111 Å². The lowest BCUT2D eigenvalue weighted by Crippen LogP contribution is -2.10. The van der Waals surface area contributed by atoms with Crippen molar-refractivity contribution in [3.8, 4) is 0 Å². The molecule has 0 fully saturated rings. The number of thiophene rings is 1. The van der Waals surface area contributed by atoms with Gasteiger partial charge in [-0.25, -0.2) is 0 Å². The van der Waals surface area contributed by atoms with E-state index in [-0.39, 0.29) is 6.04 Å². The van der Waals surface area contributed by atoms with Gasteiger partial charge in [0.1, 0.15) is 0 Å². The highest BCUT2D eigenvalue weighted by atomic mass is 35.5.